The number of benzene rings is 1. The van der Waals surface area contributed by atoms with E-state index in [1.807, 2.05) is 0 Å². The third-order valence-corrected chi connectivity index (χ3v) is 3.09. The highest BCUT2D eigenvalue weighted by Gasteiger charge is 2.15. The maximum Gasteiger partial charge on any atom is 0.0196 e. The first-order chi connectivity index (χ1) is 7.86. The van der Waals surface area contributed by atoms with E-state index in [-0.39, 0.29) is 0 Å². The minimum Gasteiger partial charge on any atom is -0.314 e. The molecule has 0 spiro atoms. The van der Waals surface area contributed by atoms with Crippen LogP contribution in [0.3, 0.4) is 0 Å². The summed E-state index contributed by atoms with van der Waals surface area (Å²) in [7, 11) is 0. The van der Waals surface area contributed by atoms with Crippen LogP contribution in [0.2, 0.25) is 0 Å². The largest absolute Gasteiger partial charge is 0.314 e. The van der Waals surface area contributed by atoms with Crippen LogP contribution in [0.5, 0.6) is 0 Å². The van der Waals surface area contributed by atoms with Crippen molar-refractivity contribution in [3.05, 3.63) is 42.0 Å². The van der Waals surface area contributed by atoms with Gasteiger partial charge in [-0.25, -0.2) is 0 Å². The summed E-state index contributed by atoms with van der Waals surface area (Å²) in [6.45, 7) is 6.71. The quantitative estimate of drug-likeness (QED) is 0.831. The highest BCUT2D eigenvalue weighted by molar-refractivity contribution is 5.48. The Morgan fingerprint density at radius 3 is 2.94 bits per heavy atom. The van der Waals surface area contributed by atoms with Gasteiger partial charge in [0.05, 0.1) is 0 Å². The van der Waals surface area contributed by atoms with Crippen LogP contribution in [0.25, 0.3) is 6.08 Å². The van der Waals surface area contributed by atoms with E-state index in [0.29, 0.717) is 6.04 Å². The van der Waals surface area contributed by atoms with Crippen molar-refractivity contribution in [3.63, 3.8) is 0 Å². The van der Waals surface area contributed by atoms with Gasteiger partial charge in [0.25, 0.3) is 0 Å². The molecule has 0 radical (unpaired) electrons. The zero-order chi connectivity index (χ0) is 11.2. The third kappa shape index (κ3) is 3.19. The van der Waals surface area contributed by atoms with E-state index in [1.165, 1.54) is 5.56 Å². The molecule has 0 aromatic heterocycles. The molecule has 1 fully saturated rings. The van der Waals surface area contributed by atoms with Crippen LogP contribution in [0.15, 0.2) is 36.4 Å². The molecular formula is C14H20N2. The molecule has 1 saturated heterocycles. The second kappa shape index (κ2) is 5.83. The summed E-state index contributed by atoms with van der Waals surface area (Å²) in [6, 6.07) is 11.1. The molecule has 1 N–H and O–H groups in total. The van der Waals surface area contributed by atoms with Crippen molar-refractivity contribution >= 4 is 6.08 Å². The molecule has 0 saturated carbocycles. The molecule has 16 heavy (non-hydrogen) atoms. The molecular weight excluding hydrogens is 196 g/mol. The van der Waals surface area contributed by atoms with Crippen LogP contribution in [0, 0.1) is 0 Å². The minimum absolute atomic E-state index is 0.647. The Labute approximate surface area is 98.0 Å². The predicted molar refractivity (Wildman–Crippen MR) is 69.4 cm³/mol. The average molecular weight is 216 g/mol. The molecule has 2 rings (SSSR count). The molecule has 1 atom stereocenters. The highest BCUT2D eigenvalue weighted by Crippen LogP contribution is 2.04. The smallest absolute Gasteiger partial charge is 0.0196 e. The monoisotopic (exact) mass is 216 g/mol. The zero-order valence-corrected chi connectivity index (χ0v) is 9.89. The summed E-state index contributed by atoms with van der Waals surface area (Å²) in [5, 5.41) is 3.41. The number of hydrogen-bond acceptors (Lipinski definition) is 2. The fourth-order valence-corrected chi connectivity index (χ4v) is 2.04. The summed E-state index contributed by atoms with van der Waals surface area (Å²) in [6.07, 6.45) is 4.46. The van der Waals surface area contributed by atoms with Crippen LogP contribution in [0.1, 0.15) is 12.5 Å². The maximum atomic E-state index is 3.41. The SMILES string of the molecule is C[C@H]1CNCCN1C/C=C/c1ccccc1. The Balaban J connectivity index is 1.84. The predicted octanol–water partition coefficient (Wildman–Crippen LogP) is 1.99. The number of hydrogen-bond donors (Lipinski definition) is 1. The number of nitrogens with zero attached hydrogens (tertiary/aromatic N) is 1. The zero-order valence-electron chi connectivity index (χ0n) is 9.89. The van der Waals surface area contributed by atoms with E-state index >= 15 is 0 Å². The van der Waals surface area contributed by atoms with Gasteiger partial charge in [-0.05, 0) is 12.5 Å². The summed E-state index contributed by atoms with van der Waals surface area (Å²) in [5.74, 6) is 0. The van der Waals surface area contributed by atoms with Crippen molar-refractivity contribution in [2.45, 2.75) is 13.0 Å². The molecule has 1 aromatic rings. The Kier molecular flexibility index (Phi) is 4.14. The van der Waals surface area contributed by atoms with Gasteiger partial charge < -0.3 is 5.32 Å². The Bertz CT molecular complexity index is 332. The Morgan fingerprint density at radius 1 is 1.38 bits per heavy atom. The summed E-state index contributed by atoms with van der Waals surface area (Å²) in [4.78, 5) is 2.51. The number of piperazine rings is 1. The lowest BCUT2D eigenvalue weighted by atomic mass is 10.2. The third-order valence-electron chi connectivity index (χ3n) is 3.09. The van der Waals surface area contributed by atoms with Crippen LogP contribution in [-0.2, 0) is 0 Å². The molecule has 2 heteroatoms. The van der Waals surface area contributed by atoms with E-state index in [2.05, 4.69) is 59.6 Å². The fraction of sp³-hybridized carbons (Fsp3) is 0.429. The average Bonchev–Trinajstić information content (AvgIpc) is 2.33. The van der Waals surface area contributed by atoms with Crippen molar-refractivity contribution in [2.75, 3.05) is 26.2 Å². The standard InChI is InChI=1S/C14H20N2/c1-13-12-15-9-11-16(13)10-5-8-14-6-3-2-4-7-14/h2-8,13,15H,9-12H2,1H3/b8-5+/t13-/m0/s1. The fourth-order valence-electron chi connectivity index (χ4n) is 2.04. The van der Waals surface area contributed by atoms with Gasteiger partial charge in [0.2, 0.25) is 0 Å². The lowest BCUT2D eigenvalue weighted by Gasteiger charge is -2.32. The van der Waals surface area contributed by atoms with E-state index in [1.54, 1.807) is 0 Å². The van der Waals surface area contributed by atoms with E-state index in [4.69, 9.17) is 0 Å². The molecule has 1 aliphatic rings. The van der Waals surface area contributed by atoms with E-state index in [9.17, 15) is 0 Å². The molecule has 1 aromatic carbocycles. The number of rotatable bonds is 3. The first-order valence-electron chi connectivity index (χ1n) is 6.02. The van der Waals surface area contributed by atoms with E-state index < -0.39 is 0 Å². The van der Waals surface area contributed by atoms with Crippen LogP contribution in [0.4, 0.5) is 0 Å². The highest BCUT2D eigenvalue weighted by atomic mass is 15.2. The Morgan fingerprint density at radius 2 is 2.19 bits per heavy atom. The summed E-state index contributed by atoms with van der Waals surface area (Å²) in [5.41, 5.74) is 1.28. The van der Waals surface area contributed by atoms with Gasteiger partial charge in [0.1, 0.15) is 0 Å². The molecule has 1 heterocycles. The molecule has 0 bridgehead atoms. The van der Waals surface area contributed by atoms with Crippen molar-refractivity contribution in [2.24, 2.45) is 0 Å². The van der Waals surface area contributed by atoms with Gasteiger partial charge >= 0.3 is 0 Å². The first kappa shape index (κ1) is 11.4. The minimum atomic E-state index is 0.647. The van der Waals surface area contributed by atoms with Gasteiger partial charge in [0.15, 0.2) is 0 Å². The summed E-state index contributed by atoms with van der Waals surface area (Å²) < 4.78 is 0. The molecule has 86 valence electrons. The van der Waals surface area contributed by atoms with Gasteiger partial charge in [0, 0.05) is 32.2 Å². The van der Waals surface area contributed by atoms with Crippen molar-refractivity contribution < 1.29 is 0 Å². The van der Waals surface area contributed by atoms with Crippen LogP contribution >= 0.6 is 0 Å². The Hall–Kier alpha value is -1.12. The van der Waals surface area contributed by atoms with Crippen LogP contribution < -0.4 is 5.32 Å². The molecule has 1 aliphatic heterocycles. The second-order valence-corrected chi connectivity index (χ2v) is 4.36. The van der Waals surface area contributed by atoms with Crippen molar-refractivity contribution in [1.82, 2.24) is 10.2 Å². The summed E-state index contributed by atoms with van der Waals surface area (Å²) >= 11 is 0. The first-order valence-corrected chi connectivity index (χ1v) is 6.02. The van der Waals surface area contributed by atoms with Gasteiger partial charge in [-0.2, -0.15) is 0 Å². The van der Waals surface area contributed by atoms with Gasteiger partial charge in [-0.15, -0.1) is 0 Å². The van der Waals surface area contributed by atoms with Gasteiger partial charge in [-0.1, -0.05) is 42.5 Å². The normalized spacial score (nSPS) is 22.7. The molecule has 2 nitrogen and oxygen atoms in total. The van der Waals surface area contributed by atoms with Crippen LogP contribution in [-0.4, -0.2) is 37.1 Å². The maximum absolute atomic E-state index is 3.41. The molecule has 0 aliphatic carbocycles. The molecule has 0 unspecified atom stereocenters. The van der Waals surface area contributed by atoms with Crippen molar-refractivity contribution in [1.29, 1.82) is 0 Å². The number of nitrogens with one attached hydrogen (secondary N) is 1. The van der Waals surface area contributed by atoms with Crippen molar-refractivity contribution in [3.8, 4) is 0 Å². The topological polar surface area (TPSA) is 15.3 Å². The van der Waals surface area contributed by atoms with Gasteiger partial charge in [-0.3, -0.25) is 4.90 Å². The second-order valence-electron chi connectivity index (χ2n) is 4.36. The lowest BCUT2D eigenvalue weighted by Crippen LogP contribution is -2.49. The van der Waals surface area contributed by atoms with E-state index in [0.717, 1.165) is 26.2 Å². The lowest BCUT2D eigenvalue weighted by molar-refractivity contribution is 0.193. The molecule has 0 amide bonds.